The number of hydrogen-bond donors (Lipinski definition) is 1. The molecule has 0 unspecified atom stereocenters. The average Bonchev–Trinajstić information content (AvgIpc) is 2.51. The zero-order valence-electron chi connectivity index (χ0n) is 11.4. The quantitative estimate of drug-likeness (QED) is 0.784. The highest BCUT2D eigenvalue weighted by atomic mass is 16.5. The van der Waals surface area contributed by atoms with Crippen molar-refractivity contribution in [3.63, 3.8) is 0 Å². The molecule has 0 atom stereocenters. The topological polar surface area (TPSA) is 45.0 Å². The molecule has 0 bridgehead atoms. The van der Waals surface area contributed by atoms with Crippen LogP contribution in [-0.2, 0) is 13.0 Å². The highest BCUT2D eigenvalue weighted by Crippen LogP contribution is 2.12. The first kappa shape index (κ1) is 14.1. The van der Waals surface area contributed by atoms with Crippen molar-refractivity contribution in [3.05, 3.63) is 65.7 Å². The summed E-state index contributed by atoms with van der Waals surface area (Å²) in [5.41, 5.74) is 2.50. The first-order valence-electron chi connectivity index (χ1n) is 6.72. The molecule has 0 saturated heterocycles. The molecule has 0 aliphatic carbocycles. The summed E-state index contributed by atoms with van der Waals surface area (Å²) in [7, 11) is 0. The summed E-state index contributed by atoms with van der Waals surface area (Å²) in [6, 6.07) is 20.2. The molecule has 0 amide bonds. The number of rotatable bonds is 7. The van der Waals surface area contributed by atoms with E-state index in [4.69, 9.17) is 10.00 Å². The van der Waals surface area contributed by atoms with Crippen LogP contribution in [-0.4, -0.2) is 13.2 Å². The minimum absolute atomic E-state index is 0.0882. The minimum Gasteiger partial charge on any atom is -0.479 e. The van der Waals surface area contributed by atoms with Gasteiger partial charge >= 0.3 is 0 Å². The zero-order valence-corrected chi connectivity index (χ0v) is 11.4. The standard InChI is InChI=1S/C17H18N2O/c18-10-12-20-17-8-4-7-16(13-17)14-19-11-9-15-5-2-1-3-6-15/h1-8,13,19H,9,11-12,14H2. The Hall–Kier alpha value is -2.31. The van der Waals surface area contributed by atoms with E-state index in [0.29, 0.717) is 0 Å². The third-order valence-electron chi connectivity index (χ3n) is 2.96. The van der Waals surface area contributed by atoms with Gasteiger partial charge in [0, 0.05) is 6.54 Å². The molecule has 2 aromatic carbocycles. The smallest absolute Gasteiger partial charge is 0.174 e. The van der Waals surface area contributed by atoms with Crippen LogP contribution in [0, 0.1) is 11.3 Å². The molecule has 0 fully saturated rings. The molecule has 2 rings (SSSR count). The number of nitrogens with one attached hydrogen (secondary N) is 1. The lowest BCUT2D eigenvalue weighted by Crippen LogP contribution is -2.16. The second-order valence-corrected chi connectivity index (χ2v) is 4.51. The summed E-state index contributed by atoms with van der Waals surface area (Å²) in [6.45, 7) is 1.83. The maximum Gasteiger partial charge on any atom is 0.174 e. The van der Waals surface area contributed by atoms with E-state index in [9.17, 15) is 0 Å². The van der Waals surface area contributed by atoms with Crippen LogP contribution < -0.4 is 10.1 Å². The molecule has 102 valence electrons. The number of hydrogen-bond acceptors (Lipinski definition) is 3. The maximum atomic E-state index is 8.49. The Balaban J connectivity index is 1.75. The molecule has 0 saturated carbocycles. The van der Waals surface area contributed by atoms with E-state index in [1.807, 2.05) is 30.3 Å². The highest BCUT2D eigenvalue weighted by molar-refractivity contribution is 5.28. The third kappa shape index (κ3) is 4.75. The Morgan fingerprint density at radius 1 is 1.00 bits per heavy atom. The van der Waals surface area contributed by atoms with Gasteiger partial charge in [-0.3, -0.25) is 0 Å². The van der Waals surface area contributed by atoms with E-state index in [1.54, 1.807) is 0 Å². The van der Waals surface area contributed by atoms with Crippen molar-refractivity contribution in [2.45, 2.75) is 13.0 Å². The average molecular weight is 266 g/mol. The lowest BCUT2D eigenvalue weighted by atomic mass is 10.1. The molecular formula is C17H18N2O. The van der Waals surface area contributed by atoms with Gasteiger partial charge in [-0.15, -0.1) is 0 Å². The second kappa shape index (κ2) is 7.98. The maximum absolute atomic E-state index is 8.49. The first-order chi connectivity index (χ1) is 9.88. The van der Waals surface area contributed by atoms with Crippen LogP contribution in [0.2, 0.25) is 0 Å². The SMILES string of the molecule is N#CCOc1cccc(CNCCc2ccccc2)c1. The van der Waals surface area contributed by atoms with Gasteiger partial charge in [0.2, 0.25) is 0 Å². The lowest BCUT2D eigenvalue weighted by molar-refractivity contribution is 0.367. The second-order valence-electron chi connectivity index (χ2n) is 4.51. The lowest BCUT2D eigenvalue weighted by Gasteiger charge is -2.07. The molecule has 3 nitrogen and oxygen atoms in total. The molecule has 0 spiro atoms. The van der Waals surface area contributed by atoms with Gasteiger partial charge in [-0.1, -0.05) is 42.5 Å². The fraction of sp³-hybridized carbons (Fsp3) is 0.235. The number of nitrogens with zero attached hydrogens (tertiary/aromatic N) is 1. The molecule has 0 aromatic heterocycles. The number of ether oxygens (including phenoxy) is 1. The van der Waals surface area contributed by atoms with E-state index < -0.39 is 0 Å². The van der Waals surface area contributed by atoms with Crippen molar-refractivity contribution in [1.82, 2.24) is 5.32 Å². The van der Waals surface area contributed by atoms with Crippen LogP contribution in [0.25, 0.3) is 0 Å². The van der Waals surface area contributed by atoms with Crippen molar-refractivity contribution in [2.24, 2.45) is 0 Å². The van der Waals surface area contributed by atoms with Gasteiger partial charge in [0.1, 0.15) is 11.8 Å². The van der Waals surface area contributed by atoms with Gasteiger partial charge in [-0.05, 0) is 36.2 Å². The van der Waals surface area contributed by atoms with Gasteiger partial charge in [0.15, 0.2) is 6.61 Å². The van der Waals surface area contributed by atoms with Crippen LogP contribution in [0.15, 0.2) is 54.6 Å². The molecule has 1 N–H and O–H groups in total. The van der Waals surface area contributed by atoms with Crippen molar-refractivity contribution in [2.75, 3.05) is 13.2 Å². The molecule has 0 radical (unpaired) electrons. The first-order valence-corrected chi connectivity index (χ1v) is 6.72. The van der Waals surface area contributed by atoms with E-state index in [2.05, 4.69) is 35.6 Å². The van der Waals surface area contributed by atoms with E-state index >= 15 is 0 Å². The Morgan fingerprint density at radius 3 is 2.60 bits per heavy atom. The predicted molar refractivity (Wildman–Crippen MR) is 79.4 cm³/mol. The monoisotopic (exact) mass is 266 g/mol. The molecule has 0 aliphatic rings. The Bertz CT molecular complexity index is 561. The summed E-state index contributed by atoms with van der Waals surface area (Å²) < 4.78 is 5.28. The molecule has 0 heterocycles. The summed E-state index contributed by atoms with van der Waals surface area (Å²) in [6.07, 6.45) is 1.02. The van der Waals surface area contributed by atoms with Crippen molar-refractivity contribution >= 4 is 0 Å². The van der Waals surface area contributed by atoms with Gasteiger partial charge in [0.25, 0.3) is 0 Å². The van der Waals surface area contributed by atoms with Crippen LogP contribution >= 0.6 is 0 Å². The van der Waals surface area contributed by atoms with Gasteiger partial charge in [-0.25, -0.2) is 0 Å². The van der Waals surface area contributed by atoms with Gasteiger partial charge < -0.3 is 10.1 Å². The van der Waals surface area contributed by atoms with Crippen molar-refractivity contribution < 1.29 is 4.74 Å². The van der Waals surface area contributed by atoms with Gasteiger partial charge in [0.05, 0.1) is 0 Å². The van der Waals surface area contributed by atoms with Gasteiger partial charge in [-0.2, -0.15) is 5.26 Å². The fourth-order valence-electron chi connectivity index (χ4n) is 1.97. The predicted octanol–water partition coefficient (Wildman–Crippen LogP) is 2.92. The number of benzene rings is 2. The third-order valence-corrected chi connectivity index (χ3v) is 2.96. The minimum atomic E-state index is 0.0882. The van der Waals surface area contributed by atoms with Crippen LogP contribution in [0.1, 0.15) is 11.1 Å². The van der Waals surface area contributed by atoms with Crippen LogP contribution in [0.4, 0.5) is 0 Å². The Kier molecular flexibility index (Phi) is 5.63. The van der Waals surface area contributed by atoms with Crippen molar-refractivity contribution in [3.8, 4) is 11.8 Å². The summed E-state index contributed by atoms with van der Waals surface area (Å²) in [5, 5.41) is 11.9. The summed E-state index contributed by atoms with van der Waals surface area (Å²) in [5.74, 6) is 0.744. The normalized spacial score (nSPS) is 9.95. The van der Waals surface area contributed by atoms with Crippen molar-refractivity contribution in [1.29, 1.82) is 5.26 Å². The zero-order chi connectivity index (χ0) is 14.0. The van der Waals surface area contributed by atoms with E-state index in [0.717, 1.165) is 30.8 Å². The summed E-state index contributed by atoms with van der Waals surface area (Å²) >= 11 is 0. The highest BCUT2D eigenvalue weighted by Gasteiger charge is 1.97. The van der Waals surface area contributed by atoms with Crippen LogP contribution in [0.5, 0.6) is 5.75 Å². The largest absolute Gasteiger partial charge is 0.479 e. The molecule has 2 aromatic rings. The Morgan fingerprint density at radius 2 is 1.80 bits per heavy atom. The molecule has 0 aliphatic heterocycles. The molecule has 3 heteroatoms. The Labute approximate surface area is 119 Å². The number of nitriles is 1. The van der Waals surface area contributed by atoms with Crippen LogP contribution in [0.3, 0.4) is 0 Å². The fourth-order valence-corrected chi connectivity index (χ4v) is 1.97. The van der Waals surface area contributed by atoms with E-state index in [1.165, 1.54) is 5.56 Å². The summed E-state index contributed by atoms with van der Waals surface area (Å²) in [4.78, 5) is 0. The van der Waals surface area contributed by atoms with E-state index in [-0.39, 0.29) is 6.61 Å². The molecule has 20 heavy (non-hydrogen) atoms. The molecular weight excluding hydrogens is 248 g/mol.